The lowest BCUT2D eigenvalue weighted by atomic mass is 10.1. The van der Waals surface area contributed by atoms with Gasteiger partial charge in [-0.2, -0.15) is 0 Å². The number of hydrogen-bond acceptors (Lipinski definition) is 3. The third kappa shape index (κ3) is 3.03. The van der Waals surface area contributed by atoms with E-state index in [0.29, 0.717) is 12.1 Å². The summed E-state index contributed by atoms with van der Waals surface area (Å²) in [6.45, 7) is 8.88. The molecule has 112 valence electrons. The van der Waals surface area contributed by atoms with Gasteiger partial charge in [0.05, 0.1) is 5.52 Å². The van der Waals surface area contributed by atoms with Gasteiger partial charge in [-0.15, -0.1) is 0 Å². The number of nitrogens with one attached hydrogen (secondary N) is 1. The molecule has 1 saturated heterocycles. The fraction of sp³-hybridized carbons (Fsp3) is 0.500. The van der Waals surface area contributed by atoms with Gasteiger partial charge >= 0.3 is 0 Å². The average molecular weight is 283 g/mol. The third-order valence-electron chi connectivity index (χ3n) is 4.36. The number of pyridine rings is 1. The van der Waals surface area contributed by atoms with Crippen LogP contribution in [0.3, 0.4) is 0 Å². The molecule has 1 atom stereocenters. The van der Waals surface area contributed by atoms with Crippen LogP contribution in [0.1, 0.15) is 32.3 Å². The minimum absolute atomic E-state index is 0.458. The SMILES string of the molecule is Cc1cc2ccccc2nc1N(CC1CCCN1)C(C)C. The van der Waals surface area contributed by atoms with E-state index in [4.69, 9.17) is 4.98 Å². The van der Waals surface area contributed by atoms with Crippen molar-refractivity contribution in [2.75, 3.05) is 18.0 Å². The minimum Gasteiger partial charge on any atom is -0.352 e. The van der Waals surface area contributed by atoms with Crippen molar-refractivity contribution in [3.05, 3.63) is 35.9 Å². The zero-order chi connectivity index (χ0) is 14.8. The molecule has 1 aliphatic heterocycles. The first kappa shape index (κ1) is 14.3. The van der Waals surface area contributed by atoms with E-state index in [1.165, 1.54) is 23.8 Å². The van der Waals surface area contributed by atoms with Crippen LogP contribution in [0.5, 0.6) is 0 Å². The maximum absolute atomic E-state index is 4.94. The van der Waals surface area contributed by atoms with Crippen molar-refractivity contribution in [2.24, 2.45) is 0 Å². The smallest absolute Gasteiger partial charge is 0.132 e. The highest BCUT2D eigenvalue weighted by atomic mass is 15.2. The van der Waals surface area contributed by atoms with E-state index >= 15 is 0 Å². The summed E-state index contributed by atoms with van der Waals surface area (Å²) in [4.78, 5) is 7.39. The van der Waals surface area contributed by atoms with Crippen LogP contribution in [-0.4, -0.2) is 30.2 Å². The summed E-state index contributed by atoms with van der Waals surface area (Å²) in [5, 5.41) is 4.82. The Morgan fingerprint density at radius 1 is 1.33 bits per heavy atom. The summed E-state index contributed by atoms with van der Waals surface area (Å²) in [5.74, 6) is 1.14. The van der Waals surface area contributed by atoms with Crippen LogP contribution < -0.4 is 10.2 Å². The first-order valence-corrected chi connectivity index (χ1v) is 8.01. The first-order valence-electron chi connectivity index (χ1n) is 8.01. The van der Waals surface area contributed by atoms with Crippen LogP contribution in [-0.2, 0) is 0 Å². The van der Waals surface area contributed by atoms with Crippen LogP contribution in [0.15, 0.2) is 30.3 Å². The van der Waals surface area contributed by atoms with Crippen LogP contribution in [0, 0.1) is 6.92 Å². The van der Waals surface area contributed by atoms with Crippen LogP contribution >= 0.6 is 0 Å². The second-order valence-electron chi connectivity index (χ2n) is 6.36. The molecule has 1 unspecified atom stereocenters. The van der Waals surface area contributed by atoms with Crippen molar-refractivity contribution < 1.29 is 0 Å². The number of rotatable bonds is 4. The Balaban J connectivity index is 1.95. The zero-order valence-corrected chi connectivity index (χ0v) is 13.3. The highest BCUT2D eigenvalue weighted by Crippen LogP contribution is 2.25. The summed E-state index contributed by atoms with van der Waals surface area (Å²) in [7, 11) is 0. The molecule has 3 nitrogen and oxygen atoms in total. The number of para-hydroxylation sites is 1. The quantitative estimate of drug-likeness (QED) is 0.930. The fourth-order valence-electron chi connectivity index (χ4n) is 3.19. The molecule has 0 saturated carbocycles. The molecule has 0 bridgehead atoms. The van der Waals surface area contributed by atoms with Gasteiger partial charge in [-0.1, -0.05) is 18.2 Å². The van der Waals surface area contributed by atoms with Crippen molar-refractivity contribution in [2.45, 2.75) is 45.7 Å². The van der Waals surface area contributed by atoms with Crippen molar-refractivity contribution in [1.29, 1.82) is 0 Å². The third-order valence-corrected chi connectivity index (χ3v) is 4.36. The summed E-state index contributed by atoms with van der Waals surface area (Å²) < 4.78 is 0. The summed E-state index contributed by atoms with van der Waals surface area (Å²) >= 11 is 0. The molecule has 0 amide bonds. The molecule has 1 aliphatic rings. The van der Waals surface area contributed by atoms with E-state index < -0.39 is 0 Å². The number of aryl methyl sites for hydroxylation is 1. The fourth-order valence-corrected chi connectivity index (χ4v) is 3.19. The highest BCUT2D eigenvalue weighted by molar-refractivity contribution is 5.81. The Hall–Kier alpha value is -1.61. The van der Waals surface area contributed by atoms with E-state index in [9.17, 15) is 0 Å². The molecule has 21 heavy (non-hydrogen) atoms. The molecular weight excluding hydrogens is 258 g/mol. The molecular formula is C18H25N3. The van der Waals surface area contributed by atoms with Crippen LogP contribution in [0.4, 0.5) is 5.82 Å². The van der Waals surface area contributed by atoms with Gasteiger partial charge in [0, 0.05) is 24.0 Å². The number of anilines is 1. The van der Waals surface area contributed by atoms with Crippen molar-refractivity contribution in [1.82, 2.24) is 10.3 Å². The van der Waals surface area contributed by atoms with Gasteiger partial charge in [0.15, 0.2) is 0 Å². The molecule has 0 aliphatic carbocycles. The minimum atomic E-state index is 0.458. The van der Waals surface area contributed by atoms with Crippen LogP contribution in [0.2, 0.25) is 0 Å². The largest absolute Gasteiger partial charge is 0.352 e. The van der Waals surface area contributed by atoms with E-state index in [0.717, 1.165) is 24.4 Å². The van der Waals surface area contributed by atoms with Crippen molar-refractivity contribution in [3.63, 3.8) is 0 Å². The molecule has 1 N–H and O–H groups in total. The maximum Gasteiger partial charge on any atom is 0.132 e. The molecule has 2 aromatic rings. The molecule has 0 spiro atoms. The number of fused-ring (bicyclic) bond motifs is 1. The topological polar surface area (TPSA) is 28.2 Å². The summed E-state index contributed by atoms with van der Waals surface area (Å²) in [6.07, 6.45) is 2.57. The Bertz CT molecular complexity index is 615. The number of nitrogens with zero attached hydrogens (tertiary/aromatic N) is 2. The lowest BCUT2D eigenvalue weighted by Gasteiger charge is -2.32. The predicted molar refractivity (Wildman–Crippen MR) is 90.0 cm³/mol. The second kappa shape index (κ2) is 6.02. The second-order valence-corrected chi connectivity index (χ2v) is 6.36. The van der Waals surface area contributed by atoms with E-state index in [1.807, 2.05) is 0 Å². The standard InChI is InChI=1S/C18H25N3/c1-13(2)21(12-16-8-6-10-19-16)18-14(3)11-15-7-4-5-9-17(15)20-18/h4-5,7,9,11,13,16,19H,6,8,10,12H2,1-3H3. The number of aromatic nitrogens is 1. The Kier molecular flexibility index (Phi) is 4.11. The predicted octanol–water partition coefficient (Wildman–Crippen LogP) is 3.51. The maximum atomic E-state index is 4.94. The van der Waals surface area contributed by atoms with Gasteiger partial charge in [-0.25, -0.2) is 4.98 Å². The van der Waals surface area contributed by atoms with Gasteiger partial charge in [0.2, 0.25) is 0 Å². The first-order chi connectivity index (χ1) is 10.1. The monoisotopic (exact) mass is 283 g/mol. The van der Waals surface area contributed by atoms with Crippen LogP contribution in [0.25, 0.3) is 10.9 Å². The van der Waals surface area contributed by atoms with Gasteiger partial charge in [-0.05, 0) is 57.9 Å². The Morgan fingerprint density at radius 2 is 2.14 bits per heavy atom. The molecule has 1 aromatic heterocycles. The highest BCUT2D eigenvalue weighted by Gasteiger charge is 2.22. The lowest BCUT2D eigenvalue weighted by molar-refractivity contribution is 0.549. The van der Waals surface area contributed by atoms with Gasteiger partial charge in [0.25, 0.3) is 0 Å². The number of benzene rings is 1. The van der Waals surface area contributed by atoms with Crippen molar-refractivity contribution >= 4 is 16.7 Å². The molecule has 1 fully saturated rings. The Morgan fingerprint density at radius 3 is 2.86 bits per heavy atom. The van der Waals surface area contributed by atoms with Gasteiger partial charge < -0.3 is 10.2 Å². The van der Waals surface area contributed by atoms with Crippen molar-refractivity contribution in [3.8, 4) is 0 Å². The van der Waals surface area contributed by atoms with Gasteiger partial charge in [-0.3, -0.25) is 0 Å². The average Bonchev–Trinajstić information content (AvgIpc) is 2.97. The lowest BCUT2D eigenvalue weighted by Crippen LogP contribution is -2.42. The van der Waals surface area contributed by atoms with E-state index in [1.54, 1.807) is 0 Å². The molecule has 3 rings (SSSR count). The molecule has 0 radical (unpaired) electrons. The van der Waals surface area contributed by atoms with Gasteiger partial charge in [0.1, 0.15) is 5.82 Å². The molecule has 1 aromatic carbocycles. The Labute approximate surface area is 127 Å². The zero-order valence-electron chi connectivity index (χ0n) is 13.3. The van der Waals surface area contributed by atoms with E-state index in [-0.39, 0.29) is 0 Å². The molecule has 2 heterocycles. The summed E-state index contributed by atoms with van der Waals surface area (Å²) in [5.41, 5.74) is 2.35. The summed E-state index contributed by atoms with van der Waals surface area (Å²) in [6, 6.07) is 11.7. The normalized spacial score (nSPS) is 18.6. The van der Waals surface area contributed by atoms with E-state index in [2.05, 4.69) is 61.3 Å². The molecule has 3 heteroatoms. The number of hydrogen-bond donors (Lipinski definition) is 1.